The van der Waals surface area contributed by atoms with Crippen LogP contribution in [0.4, 0.5) is 13.2 Å². The Balaban J connectivity index is 1.64. The molecular formula is C16H19F3N4O2S. The lowest BCUT2D eigenvalue weighted by atomic mass is 10.2. The number of rotatable bonds is 5. The van der Waals surface area contributed by atoms with Crippen LogP contribution in [0.2, 0.25) is 0 Å². The van der Waals surface area contributed by atoms with Gasteiger partial charge >= 0.3 is 6.18 Å². The van der Waals surface area contributed by atoms with Gasteiger partial charge in [-0.3, -0.25) is 9.69 Å². The summed E-state index contributed by atoms with van der Waals surface area (Å²) in [6.45, 7) is 2.86. The molecule has 1 saturated heterocycles. The number of hydrogen-bond acceptors (Lipinski definition) is 6. The molecule has 0 bridgehead atoms. The van der Waals surface area contributed by atoms with Gasteiger partial charge in [0.1, 0.15) is 17.5 Å². The van der Waals surface area contributed by atoms with Crippen LogP contribution in [-0.2, 0) is 0 Å². The van der Waals surface area contributed by atoms with Crippen molar-refractivity contribution in [1.29, 1.82) is 0 Å². The zero-order chi connectivity index (χ0) is 18.7. The minimum Gasteiger partial charge on any atom is -0.459 e. The van der Waals surface area contributed by atoms with E-state index in [1.165, 1.54) is 21.6 Å². The lowest BCUT2D eigenvalue weighted by Gasteiger charge is -2.35. The third kappa shape index (κ3) is 4.43. The quantitative estimate of drug-likeness (QED) is 0.823. The van der Waals surface area contributed by atoms with Gasteiger partial charge in [0, 0.05) is 38.1 Å². The SMILES string of the molecule is Cc1ccc(-c2nc(C(=O)NCC(N3CCNCC3)C(F)(F)F)cs2)o1. The number of nitrogens with one attached hydrogen (secondary N) is 2. The van der Waals surface area contributed by atoms with Crippen molar-refractivity contribution in [3.8, 4) is 10.8 Å². The average Bonchev–Trinajstić information content (AvgIpc) is 3.23. The highest BCUT2D eigenvalue weighted by atomic mass is 32.1. The van der Waals surface area contributed by atoms with Gasteiger partial charge in [-0.25, -0.2) is 4.98 Å². The fourth-order valence-corrected chi connectivity index (χ4v) is 3.53. The van der Waals surface area contributed by atoms with Crippen molar-refractivity contribution in [2.75, 3.05) is 32.7 Å². The summed E-state index contributed by atoms with van der Waals surface area (Å²) in [6, 6.07) is 1.80. The van der Waals surface area contributed by atoms with Crippen LogP contribution in [0, 0.1) is 6.92 Å². The predicted octanol–water partition coefficient (Wildman–Crippen LogP) is 2.28. The van der Waals surface area contributed by atoms with E-state index in [-0.39, 0.29) is 5.69 Å². The molecule has 142 valence electrons. The molecule has 26 heavy (non-hydrogen) atoms. The first-order valence-electron chi connectivity index (χ1n) is 8.16. The van der Waals surface area contributed by atoms with Crippen molar-refractivity contribution in [1.82, 2.24) is 20.5 Å². The number of carbonyl (C=O) groups is 1. The van der Waals surface area contributed by atoms with Crippen molar-refractivity contribution >= 4 is 17.2 Å². The number of alkyl halides is 3. The van der Waals surface area contributed by atoms with Gasteiger partial charge in [0.05, 0.1) is 0 Å². The van der Waals surface area contributed by atoms with Gasteiger partial charge in [-0.1, -0.05) is 0 Å². The standard InChI is InChI=1S/C16H19F3N4O2S/c1-10-2-3-12(25-10)15-22-11(9-26-15)14(24)21-8-13(16(17,18)19)23-6-4-20-5-7-23/h2-3,9,13,20H,4-8H2,1H3,(H,21,24). The Hall–Kier alpha value is -1.91. The van der Waals surface area contributed by atoms with Crippen molar-refractivity contribution < 1.29 is 22.4 Å². The Bertz CT molecular complexity index is 753. The van der Waals surface area contributed by atoms with Crippen LogP contribution < -0.4 is 10.6 Å². The van der Waals surface area contributed by atoms with E-state index in [1.54, 1.807) is 19.1 Å². The highest BCUT2D eigenvalue weighted by molar-refractivity contribution is 7.13. The monoisotopic (exact) mass is 388 g/mol. The normalized spacial score (nSPS) is 17.2. The van der Waals surface area contributed by atoms with Crippen molar-refractivity contribution in [2.24, 2.45) is 0 Å². The third-order valence-corrected chi connectivity index (χ3v) is 4.97. The largest absolute Gasteiger partial charge is 0.459 e. The summed E-state index contributed by atoms with van der Waals surface area (Å²) in [5.41, 5.74) is 0.0836. The maximum atomic E-state index is 13.3. The number of carbonyl (C=O) groups excluding carboxylic acids is 1. The second kappa shape index (κ2) is 7.77. The van der Waals surface area contributed by atoms with E-state index < -0.39 is 24.7 Å². The zero-order valence-corrected chi connectivity index (χ0v) is 14.9. The molecule has 0 radical (unpaired) electrons. The van der Waals surface area contributed by atoms with Gasteiger partial charge in [0.15, 0.2) is 10.8 Å². The van der Waals surface area contributed by atoms with Crippen molar-refractivity contribution in [2.45, 2.75) is 19.1 Å². The van der Waals surface area contributed by atoms with Crippen LogP contribution >= 0.6 is 11.3 Å². The van der Waals surface area contributed by atoms with Gasteiger partial charge in [0.25, 0.3) is 5.91 Å². The molecule has 3 rings (SSSR count). The van der Waals surface area contributed by atoms with Gasteiger partial charge in [0.2, 0.25) is 0 Å². The number of aromatic nitrogens is 1. The first kappa shape index (κ1) is 18.9. The topological polar surface area (TPSA) is 70.4 Å². The fourth-order valence-electron chi connectivity index (χ4n) is 2.77. The number of amides is 1. The summed E-state index contributed by atoms with van der Waals surface area (Å²) < 4.78 is 45.5. The molecule has 3 heterocycles. The number of hydrogen-bond donors (Lipinski definition) is 2. The molecule has 0 aromatic carbocycles. The average molecular weight is 388 g/mol. The molecule has 2 aromatic rings. The number of aryl methyl sites for hydroxylation is 1. The summed E-state index contributed by atoms with van der Waals surface area (Å²) >= 11 is 1.21. The molecule has 10 heteroatoms. The van der Waals surface area contributed by atoms with E-state index >= 15 is 0 Å². The summed E-state index contributed by atoms with van der Waals surface area (Å²) in [7, 11) is 0. The van der Waals surface area contributed by atoms with E-state index in [0.29, 0.717) is 42.7 Å². The molecule has 1 fully saturated rings. The molecule has 0 aliphatic carbocycles. The molecule has 2 aromatic heterocycles. The van der Waals surface area contributed by atoms with Gasteiger partial charge in [-0.2, -0.15) is 13.2 Å². The van der Waals surface area contributed by atoms with Gasteiger partial charge < -0.3 is 15.1 Å². The number of halogens is 3. The Kier molecular flexibility index (Phi) is 5.64. The molecule has 0 spiro atoms. The first-order chi connectivity index (χ1) is 12.3. The zero-order valence-electron chi connectivity index (χ0n) is 14.1. The van der Waals surface area contributed by atoms with Crippen LogP contribution in [-0.4, -0.2) is 60.7 Å². The Morgan fingerprint density at radius 3 is 2.77 bits per heavy atom. The molecule has 6 nitrogen and oxygen atoms in total. The van der Waals surface area contributed by atoms with Crippen LogP contribution in [0.5, 0.6) is 0 Å². The summed E-state index contributed by atoms with van der Waals surface area (Å²) in [5, 5.41) is 7.40. The van der Waals surface area contributed by atoms with E-state index in [2.05, 4.69) is 15.6 Å². The minimum absolute atomic E-state index is 0.0836. The maximum absolute atomic E-state index is 13.3. The lowest BCUT2D eigenvalue weighted by Crippen LogP contribution is -2.57. The number of piperazine rings is 1. The molecular weight excluding hydrogens is 369 g/mol. The number of nitrogens with zero attached hydrogens (tertiary/aromatic N) is 2. The summed E-state index contributed by atoms with van der Waals surface area (Å²) in [5.74, 6) is 0.617. The first-order valence-corrected chi connectivity index (χ1v) is 9.04. The second-order valence-corrected chi connectivity index (χ2v) is 6.86. The van der Waals surface area contributed by atoms with Crippen molar-refractivity contribution in [3.05, 3.63) is 29.0 Å². The Labute approximate surface area is 152 Å². The predicted molar refractivity (Wildman–Crippen MR) is 91.2 cm³/mol. The van der Waals surface area contributed by atoms with Crippen LogP contribution in [0.25, 0.3) is 10.8 Å². The molecule has 2 N–H and O–H groups in total. The highest BCUT2D eigenvalue weighted by Gasteiger charge is 2.43. The molecule has 1 atom stereocenters. The maximum Gasteiger partial charge on any atom is 0.405 e. The summed E-state index contributed by atoms with van der Waals surface area (Å²) in [4.78, 5) is 17.7. The highest BCUT2D eigenvalue weighted by Crippen LogP contribution is 2.26. The van der Waals surface area contributed by atoms with Crippen LogP contribution in [0.15, 0.2) is 21.9 Å². The number of furan rings is 1. The molecule has 1 aliphatic heterocycles. The van der Waals surface area contributed by atoms with E-state index in [0.717, 1.165) is 0 Å². The molecule has 0 saturated carbocycles. The second-order valence-electron chi connectivity index (χ2n) is 6.00. The minimum atomic E-state index is -4.41. The van der Waals surface area contributed by atoms with E-state index in [9.17, 15) is 18.0 Å². The van der Waals surface area contributed by atoms with E-state index in [1.807, 2.05) is 0 Å². The molecule has 1 unspecified atom stereocenters. The number of thiazole rings is 1. The van der Waals surface area contributed by atoms with Crippen LogP contribution in [0.3, 0.4) is 0 Å². The van der Waals surface area contributed by atoms with Crippen LogP contribution in [0.1, 0.15) is 16.2 Å². The van der Waals surface area contributed by atoms with E-state index in [4.69, 9.17) is 4.42 Å². The molecule has 1 amide bonds. The third-order valence-electron chi connectivity index (χ3n) is 4.11. The molecule has 1 aliphatic rings. The van der Waals surface area contributed by atoms with Crippen molar-refractivity contribution in [3.63, 3.8) is 0 Å². The Morgan fingerprint density at radius 2 is 2.15 bits per heavy atom. The summed E-state index contributed by atoms with van der Waals surface area (Å²) in [6.07, 6.45) is -4.41. The smallest absolute Gasteiger partial charge is 0.405 e. The van der Waals surface area contributed by atoms with Gasteiger partial charge in [-0.05, 0) is 19.1 Å². The van der Waals surface area contributed by atoms with Gasteiger partial charge in [-0.15, -0.1) is 11.3 Å². The fraction of sp³-hybridized carbons (Fsp3) is 0.500. The Morgan fingerprint density at radius 1 is 1.42 bits per heavy atom. The lowest BCUT2D eigenvalue weighted by molar-refractivity contribution is -0.183.